The summed E-state index contributed by atoms with van der Waals surface area (Å²) in [7, 11) is 2.54. The normalized spacial score (nSPS) is 9.32. The van der Waals surface area contributed by atoms with Crippen LogP contribution in [0.2, 0.25) is 0 Å². The molecule has 10 nitrogen and oxygen atoms in total. The smallest absolute Gasteiger partial charge is 0.359 e. The van der Waals surface area contributed by atoms with Crippen molar-refractivity contribution in [2.75, 3.05) is 14.2 Å². The number of carboxylic acid groups (broad SMARTS) is 1. The predicted molar refractivity (Wildman–Crippen MR) is 104 cm³/mol. The van der Waals surface area contributed by atoms with Gasteiger partial charge in [0.2, 0.25) is 0 Å². The minimum absolute atomic E-state index is 0.255. The Morgan fingerprint density at radius 3 is 2.00 bits per heavy atom. The third kappa shape index (κ3) is 8.04. The maximum Gasteiger partial charge on any atom is 0.359 e. The number of esters is 1. The molecule has 0 radical (unpaired) electrons. The first kappa shape index (κ1) is 27.2. The van der Waals surface area contributed by atoms with E-state index in [2.05, 4.69) is 19.7 Å². The summed E-state index contributed by atoms with van der Waals surface area (Å²) in [6, 6.07) is 3.85. The summed E-state index contributed by atoms with van der Waals surface area (Å²) < 4.78 is 58.9. The Morgan fingerprint density at radius 2 is 1.53 bits per heavy atom. The second-order valence-electron chi connectivity index (χ2n) is 5.62. The molecule has 0 aliphatic rings. The van der Waals surface area contributed by atoms with Gasteiger partial charge in [-0.1, -0.05) is 0 Å². The van der Waals surface area contributed by atoms with E-state index in [0.717, 1.165) is 25.6 Å². The van der Waals surface area contributed by atoms with Crippen molar-refractivity contribution in [3.05, 3.63) is 77.1 Å². The fraction of sp³-hybridized carbons (Fsp3) is 0.100. The number of carbonyl (C=O) groups excluding carboxylic acids is 1. The molecule has 34 heavy (non-hydrogen) atoms. The predicted octanol–water partition coefficient (Wildman–Crippen LogP) is 2.87. The van der Waals surface area contributed by atoms with Crippen LogP contribution in [0.1, 0.15) is 26.7 Å². The van der Waals surface area contributed by atoms with Gasteiger partial charge >= 0.3 is 11.9 Å². The van der Waals surface area contributed by atoms with E-state index in [1.165, 1.54) is 19.4 Å². The molecule has 0 amide bonds. The number of pyridine rings is 3. The van der Waals surface area contributed by atoms with E-state index in [-0.39, 0.29) is 17.1 Å². The number of carbonyl (C=O) groups is 2. The SMILES string of the molecule is COC(=O)c1ncc(OC)cc1F.N#Cc1ncc(F)cc1F.O=C(O)c1ncc(O)cc1F. The van der Waals surface area contributed by atoms with Crippen molar-refractivity contribution in [2.24, 2.45) is 0 Å². The summed E-state index contributed by atoms with van der Waals surface area (Å²) in [6.07, 6.45) is 2.91. The van der Waals surface area contributed by atoms with Crippen LogP contribution in [-0.2, 0) is 4.74 Å². The zero-order valence-electron chi connectivity index (χ0n) is 17.3. The highest BCUT2D eigenvalue weighted by atomic mass is 19.1. The standard InChI is InChI=1S/C8H8FNO3.C6H2F2N2.C6H4FNO3/c1-12-5-3-6(9)7(10-4-5)8(11)13-2;7-4-1-5(8)6(2-9)10-3-4;7-4-1-3(9)2-8-5(4)6(10)11/h3-4H,1-2H3;1,3H;1-2,9H,(H,10,11). The number of ether oxygens (including phenoxy) is 2. The van der Waals surface area contributed by atoms with E-state index >= 15 is 0 Å². The Kier molecular flexibility index (Phi) is 10.3. The van der Waals surface area contributed by atoms with E-state index in [1.54, 1.807) is 0 Å². The van der Waals surface area contributed by atoms with Crippen molar-refractivity contribution in [1.82, 2.24) is 15.0 Å². The lowest BCUT2D eigenvalue weighted by Crippen LogP contribution is -2.07. The number of aromatic nitrogens is 3. The number of methoxy groups -OCH3 is 2. The highest BCUT2D eigenvalue weighted by Gasteiger charge is 2.14. The monoisotopic (exact) mass is 482 g/mol. The highest BCUT2D eigenvalue weighted by Crippen LogP contribution is 2.13. The van der Waals surface area contributed by atoms with Crippen LogP contribution < -0.4 is 4.74 Å². The molecule has 0 spiro atoms. The van der Waals surface area contributed by atoms with Gasteiger partial charge in [-0.2, -0.15) is 5.26 Å². The molecule has 0 bridgehead atoms. The minimum Gasteiger partial charge on any atom is -0.506 e. The highest BCUT2D eigenvalue weighted by molar-refractivity contribution is 5.87. The Bertz CT molecular complexity index is 1220. The summed E-state index contributed by atoms with van der Waals surface area (Å²) in [5.74, 6) is -5.91. The summed E-state index contributed by atoms with van der Waals surface area (Å²) in [6.45, 7) is 0. The van der Waals surface area contributed by atoms with E-state index in [1.807, 2.05) is 0 Å². The van der Waals surface area contributed by atoms with Gasteiger partial charge in [0.1, 0.15) is 23.4 Å². The molecule has 0 aliphatic heterocycles. The molecular weight excluding hydrogens is 468 g/mol. The van der Waals surface area contributed by atoms with E-state index in [0.29, 0.717) is 12.1 Å². The zero-order valence-corrected chi connectivity index (χ0v) is 17.3. The number of carboxylic acids is 1. The van der Waals surface area contributed by atoms with Crippen LogP contribution in [0.5, 0.6) is 11.5 Å². The minimum atomic E-state index is -1.46. The summed E-state index contributed by atoms with van der Waals surface area (Å²) >= 11 is 0. The lowest BCUT2D eigenvalue weighted by atomic mass is 10.3. The van der Waals surface area contributed by atoms with Crippen molar-refractivity contribution >= 4 is 11.9 Å². The maximum atomic E-state index is 13.0. The fourth-order valence-corrected chi connectivity index (χ4v) is 1.86. The number of aromatic hydroxyl groups is 1. The molecule has 3 aromatic rings. The quantitative estimate of drug-likeness (QED) is 0.420. The van der Waals surface area contributed by atoms with E-state index in [9.17, 15) is 27.2 Å². The topological polar surface area (TPSA) is 156 Å². The van der Waals surface area contributed by atoms with Crippen molar-refractivity contribution in [1.29, 1.82) is 5.26 Å². The molecular formula is C20H14F4N4O6. The van der Waals surface area contributed by atoms with Crippen LogP contribution in [0, 0.1) is 34.6 Å². The number of nitrogens with zero attached hydrogens (tertiary/aromatic N) is 4. The molecule has 0 fully saturated rings. The van der Waals surface area contributed by atoms with Crippen molar-refractivity contribution in [3.63, 3.8) is 0 Å². The first-order chi connectivity index (χ1) is 16.0. The summed E-state index contributed by atoms with van der Waals surface area (Å²) in [5, 5.41) is 25.0. The largest absolute Gasteiger partial charge is 0.506 e. The van der Waals surface area contributed by atoms with E-state index < -0.39 is 46.7 Å². The van der Waals surface area contributed by atoms with Crippen molar-refractivity contribution in [3.8, 4) is 17.6 Å². The zero-order chi connectivity index (χ0) is 25.8. The Hall–Kier alpha value is -4.80. The molecule has 0 aliphatic carbocycles. The van der Waals surface area contributed by atoms with Crippen LogP contribution >= 0.6 is 0 Å². The maximum absolute atomic E-state index is 13.0. The van der Waals surface area contributed by atoms with Gasteiger partial charge in [0.05, 0.1) is 32.8 Å². The molecule has 0 saturated heterocycles. The molecule has 0 saturated carbocycles. The first-order valence-electron chi connectivity index (χ1n) is 8.60. The molecule has 0 unspecified atom stereocenters. The molecule has 14 heteroatoms. The Balaban J connectivity index is 0.000000257. The number of rotatable bonds is 3. The molecule has 0 aromatic carbocycles. The summed E-state index contributed by atoms with van der Waals surface area (Å²) in [5.41, 5.74) is -1.42. The van der Waals surface area contributed by atoms with Gasteiger partial charge < -0.3 is 19.7 Å². The van der Waals surface area contributed by atoms with Crippen LogP contribution in [0.3, 0.4) is 0 Å². The fourth-order valence-electron chi connectivity index (χ4n) is 1.86. The number of nitriles is 1. The van der Waals surface area contributed by atoms with Gasteiger partial charge in [0.15, 0.2) is 34.5 Å². The van der Waals surface area contributed by atoms with Gasteiger partial charge in [-0.05, 0) is 0 Å². The van der Waals surface area contributed by atoms with E-state index in [4.69, 9.17) is 20.2 Å². The molecule has 3 rings (SSSR count). The van der Waals surface area contributed by atoms with Crippen molar-refractivity contribution in [2.45, 2.75) is 0 Å². The Morgan fingerprint density at radius 1 is 0.912 bits per heavy atom. The third-order valence-electron chi connectivity index (χ3n) is 3.37. The number of halogens is 4. The van der Waals surface area contributed by atoms with Crippen LogP contribution in [-0.4, -0.2) is 51.3 Å². The van der Waals surface area contributed by atoms with Gasteiger partial charge in [0, 0.05) is 18.2 Å². The molecule has 178 valence electrons. The van der Waals surface area contributed by atoms with Gasteiger partial charge in [0.25, 0.3) is 0 Å². The number of aromatic carboxylic acids is 1. The number of hydrogen-bond acceptors (Lipinski definition) is 9. The average molecular weight is 482 g/mol. The molecule has 3 aromatic heterocycles. The second-order valence-corrected chi connectivity index (χ2v) is 5.62. The lowest BCUT2D eigenvalue weighted by molar-refractivity contribution is 0.0587. The van der Waals surface area contributed by atoms with Crippen LogP contribution in [0.4, 0.5) is 17.6 Å². The molecule has 2 N–H and O–H groups in total. The third-order valence-corrected chi connectivity index (χ3v) is 3.37. The number of hydrogen-bond donors (Lipinski definition) is 2. The van der Waals surface area contributed by atoms with Gasteiger partial charge in [-0.15, -0.1) is 0 Å². The second kappa shape index (κ2) is 12.9. The van der Waals surface area contributed by atoms with Gasteiger partial charge in [-0.3, -0.25) is 0 Å². The molecule has 3 heterocycles. The molecule has 0 atom stereocenters. The summed E-state index contributed by atoms with van der Waals surface area (Å²) in [4.78, 5) is 30.9. The Labute approximate surface area is 188 Å². The average Bonchev–Trinajstić information content (AvgIpc) is 2.79. The van der Waals surface area contributed by atoms with Crippen LogP contribution in [0.25, 0.3) is 0 Å². The van der Waals surface area contributed by atoms with Crippen LogP contribution in [0.15, 0.2) is 36.8 Å². The van der Waals surface area contributed by atoms with Gasteiger partial charge in [-0.25, -0.2) is 42.1 Å². The lowest BCUT2D eigenvalue weighted by Gasteiger charge is -2.02. The van der Waals surface area contributed by atoms with Crippen molar-refractivity contribution < 1.29 is 46.8 Å². The first-order valence-corrected chi connectivity index (χ1v) is 8.60.